The lowest BCUT2D eigenvalue weighted by Crippen LogP contribution is -2.41. The van der Waals surface area contributed by atoms with Gasteiger partial charge in [-0.3, -0.25) is 4.90 Å². The normalized spacial score (nSPS) is 21.9. The highest BCUT2D eigenvalue weighted by Gasteiger charge is 2.24. The number of allylic oxidation sites excluding steroid dienone is 1. The van der Waals surface area contributed by atoms with Gasteiger partial charge in [0.05, 0.1) is 19.8 Å². The van der Waals surface area contributed by atoms with E-state index in [2.05, 4.69) is 30.5 Å². The summed E-state index contributed by atoms with van der Waals surface area (Å²) < 4.78 is 11.3. The zero-order chi connectivity index (χ0) is 16.8. The number of likely N-dealkylation sites (tertiary alicyclic amines) is 1. The third-order valence-corrected chi connectivity index (χ3v) is 4.41. The fourth-order valence-corrected chi connectivity index (χ4v) is 3.20. The standard InChI is InChI=1S/C19H29NO3/c1-5-7-16-10-15(11-18(22-4)19(16)23-6-2)13-20-9-8-17(21)14(3)12-20/h5,10-11,14,17,21H,1,6-9,12-13H2,2-4H3. The molecule has 2 unspecified atom stereocenters. The number of aliphatic hydroxyl groups excluding tert-OH is 1. The van der Waals surface area contributed by atoms with Crippen LogP contribution in [-0.2, 0) is 13.0 Å². The predicted octanol–water partition coefficient (Wildman–Crippen LogP) is 3.03. The van der Waals surface area contributed by atoms with Crippen LogP contribution < -0.4 is 9.47 Å². The summed E-state index contributed by atoms with van der Waals surface area (Å²) in [5, 5.41) is 9.88. The molecule has 0 bridgehead atoms. The highest BCUT2D eigenvalue weighted by atomic mass is 16.5. The molecule has 1 N–H and O–H groups in total. The highest BCUT2D eigenvalue weighted by molar-refractivity contribution is 5.50. The van der Waals surface area contributed by atoms with Gasteiger partial charge in [0.15, 0.2) is 11.5 Å². The highest BCUT2D eigenvalue weighted by Crippen LogP contribution is 2.34. The second kappa shape index (κ2) is 8.37. The lowest BCUT2D eigenvalue weighted by atomic mass is 9.96. The molecular formula is C19H29NO3. The minimum absolute atomic E-state index is 0.169. The van der Waals surface area contributed by atoms with E-state index >= 15 is 0 Å². The maximum Gasteiger partial charge on any atom is 0.164 e. The molecule has 4 nitrogen and oxygen atoms in total. The number of hydrogen-bond acceptors (Lipinski definition) is 4. The monoisotopic (exact) mass is 319 g/mol. The lowest BCUT2D eigenvalue weighted by Gasteiger charge is -2.34. The maximum absolute atomic E-state index is 9.88. The van der Waals surface area contributed by atoms with Crippen LogP contribution in [0.25, 0.3) is 0 Å². The summed E-state index contributed by atoms with van der Waals surface area (Å²) >= 11 is 0. The Kier molecular flexibility index (Phi) is 6.48. The molecule has 1 heterocycles. The molecule has 1 fully saturated rings. The predicted molar refractivity (Wildman–Crippen MR) is 93.1 cm³/mol. The van der Waals surface area contributed by atoms with Gasteiger partial charge in [-0.2, -0.15) is 0 Å². The van der Waals surface area contributed by atoms with Crippen molar-refractivity contribution in [1.29, 1.82) is 0 Å². The van der Waals surface area contributed by atoms with Crippen molar-refractivity contribution >= 4 is 0 Å². The molecule has 128 valence electrons. The van der Waals surface area contributed by atoms with Crippen LogP contribution in [0, 0.1) is 5.92 Å². The Morgan fingerprint density at radius 2 is 2.22 bits per heavy atom. The molecule has 0 spiro atoms. The van der Waals surface area contributed by atoms with Gasteiger partial charge < -0.3 is 14.6 Å². The van der Waals surface area contributed by atoms with Crippen LogP contribution >= 0.6 is 0 Å². The second-order valence-corrected chi connectivity index (χ2v) is 6.28. The third-order valence-electron chi connectivity index (χ3n) is 4.41. The first-order chi connectivity index (χ1) is 11.1. The van der Waals surface area contributed by atoms with E-state index < -0.39 is 0 Å². The Balaban J connectivity index is 2.21. The Hall–Kier alpha value is -1.52. The number of hydrogen-bond donors (Lipinski definition) is 1. The Labute approximate surface area is 139 Å². The van der Waals surface area contributed by atoms with E-state index in [1.54, 1.807) is 7.11 Å². The van der Waals surface area contributed by atoms with Crippen molar-refractivity contribution in [1.82, 2.24) is 4.90 Å². The Bertz CT molecular complexity index is 530. The molecule has 4 heteroatoms. The first-order valence-electron chi connectivity index (χ1n) is 8.42. The van der Waals surface area contributed by atoms with Crippen molar-refractivity contribution in [3.63, 3.8) is 0 Å². The summed E-state index contributed by atoms with van der Waals surface area (Å²) in [4.78, 5) is 2.39. The van der Waals surface area contributed by atoms with Crippen molar-refractivity contribution in [3.8, 4) is 11.5 Å². The molecule has 2 rings (SSSR count). The molecule has 1 aromatic carbocycles. The van der Waals surface area contributed by atoms with E-state index in [4.69, 9.17) is 9.47 Å². The van der Waals surface area contributed by atoms with Crippen LogP contribution in [0.1, 0.15) is 31.4 Å². The summed E-state index contributed by atoms with van der Waals surface area (Å²) in [6.07, 6.45) is 3.32. The Morgan fingerprint density at radius 3 is 2.83 bits per heavy atom. The molecule has 0 aliphatic carbocycles. The second-order valence-electron chi connectivity index (χ2n) is 6.28. The average molecular weight is 319 g/mol. The molecule has 0 aromatic heterocycles. The number of aliphatic hydroxyl groups is 1. The van der Waals surface area contributed by atoms with Gasteiger partial charge in [0.2, 0.25) is 0 Å². The minimum Gasteiger partial charge on any atom is -0.493 e. The number of ether oxygens (including phenoxy) is 2. The number of rotatable bonds is 7. The molecule has 0 radical (unpaired) electrons. The van der Waals surface area contributed by atoms with Gasteiger partial charge in [-0.05, 0) is 37.3 Å². The zero-order valence-corrected chi connectivity index (χ0v) is 14.5. The molecule has 0 amide bonds. The van der Waals surface area contributed by atoms with Crippen molar-refractivity contribution in [2.45, 2.75) is 39.3 Å². The van der Waals surface area contributed by atoms with E-state index in [1.807, 2.05) is 13.0 Å². The summed E-state index contributed by atoms with van der Waals surface area (Å²) in [6.45, 7) is 11.3. The maximum atomic E-state index is 9.88. The summed E-state index contributed by atoms with van der Waals surface area (Å²) in [7, 11) is 1.68. The van der Waals surface area contributed by atoms with Crippen molar-refractivity contribution in [2.75, 3.05) is 26.8 Å². The number of methoxy groups -OCH3 is 1. The molecule has 1 aliphatic heterocycles. The largest absolute Gasteiger partial charge is 0.493 e. The SMILES string of the molecule is C=CCc1cc(CN2CCC(O)C(C)C2)cc(OC)c1OCC. The fraction of sp³-hybridized carbons (Fsp3) is 0.579. The first kappa shape index (κ1) is 17.8. The van der Waals surface area contributed by atoms with Crippen LogP contribution in [0.2, 0.25) is 0 Å². The smallest absolute Gasteiger partial charge is 0.164 e. The van der Waals surface area contributed by atoms with Crippen LogP contribution in [-0.4, -0.2) is 42.9 Å². The van der Waals surface area contributed by atoms with Gasteiger partial charge in [-0.15, -0.1) is 6.58 Å². The quantitative estimate of drug-likeness (QED) is 0.785. The summed E-state index contributed by atoms with van der Waals surface area (Å²) in [5.74, 6) is 1.92. The van der Waals surface area contributed by atoms with Gasteiger partial charge in [0, 0.05) is 25.2 Å². The number of benzene rings is 1. The molecule has 2 atom stereocenters. The van der Waals surface area contributed by atoms with Gasteiger partial charge in [0.25, 0.3) is 0 Å². The lowest BCUT2D eigenvalue weighted by molar-refractivity contribution is 0.0320. The van der Waals surface area contributed by atoms with Crippen LogP contribution in [0.3, 0.4) is 0 Å². The Morgan fingerprint density at radius 1 is 1.43 bits per heavy atom. The fourth-order valence-electron chi connectivity index (χ4n) is 3.20. The molecule has 23 heavy (non-hydrogen) atoms. The molecule has 1 aliphatic rings. The van der Waals surface area contributed by atoms with Crippen molar-refractivity contribution in [2.24, 2.45) is 5.92 Å². The van der Waals surface area contributed by atoms with Crippen LogP contribution in [0.5, 0.6) is 11.5 Å². The zero-order valence-electron chi connectivity index (χ0n) is 14.5. The number of piperidine rings is 1. The first-order valence-corrected chi connectivity index (χ1v) is 8.42. The van der Waals surface area contributed by atoms with Gasteiger partial charge in [-0.25, -0.2) is 0 Å². The molecule has 1 saturated heterocycles. The van der Waals surface area contributed by atoms with E-state index in [1.165, 1.54) is 5.56 Å². The van der Waals surface area contributed by atoms with Crippen molar-refractivity contribution in [3.05, 3.63) is 35.9 Å². The van der Waals surface area contributed by atoms with E-state index in [0.717, 1.165) is 49.5 Å². The van der Waals surface area contributed by atoms with Crippen LogP contribution in [0.15, 0.2) is 24.8 Å². The minimum atomic E-state index is -0.169. The van der Waals surface area contributed by atoms with Gasteiger partial charge >= 0.3 is 0 Å². The third kappa shape index (κ3) is 4.49. The van der Waals surface area contributed by atoms with E-state index in [9.17, 15) is 5.11 Å². The summed E-state index contributed by atoms with van der Waals surface area (Å²) in [6, 6.07) is 4.25. The van der Waals surface area contributed by atoms with E-state index in [0.29, 0.717) is 12.5 Å². The molecule has 1 aromatic rings. The topological polar surface area (TPSA) is 41.9 Å². The summed E-state index contributed by atoms with van der Waals surface area (Å²) in [5.41, 5.74) is 2.33. The van der Waals surface area contributed by atoms with Gasteiger partial charge in [-0.1, -0.05) is 19.1 Å². The average Bonchev–Trinajstić information content (AvgIpc) is 2.53. The number of nitrogens with zero attached hydrogens (tertiary/aromatic N) is 1. The molecule has 0 saturated carbocycles. The van der Waals surface area contributed by atoms with Crippen LogP contribution in [0.4, 0.5) is 0 Å². The van der Waals surface area contributed by atoms with Crippen molar-refractivity contribution < 1.29 is 14.6 Å². The van der Waals surface area contributed by atoms with E-state index in [-0.39, 0.29) is 6.10 Å². The molecular weight excluding hydrogens is 290 g/mol. The van der Waals surface area contributed by atoms with Gasteiger partial charge in [0.1, 0.15) is 0 Å².